The minimum absolute atomic E-state index is 0.127. The molecule has 23 heavy (non-hydrogen) atoms. The Bertz CT molecular complexity index is 911. The molecule has 3 heterocycles. The molecular weight excluding hydrogens is 314 g/mol. The summed E-state index contributed by atoms with van der Waals surface area (Å²) in [6.45, 7) is 3.88. The number of hydrogen-bond donors (Lipinski definition) is 1. The van der Waals surface area contributed by atoms with Crippen molar-refractivity contribution in [3.05, 3.63) is 45.7 Å². The van der Waals surface area contributed by atoms with Gasteiger partial charge in [0, 0.05) is 24.7 Å². The molecule has 0 aromatic carbocycles. The van der Waals surface area contributed by atoms with Crippen LogP contribution in [0.5, 0.6) is 0 Å². The van der Waals surface area contributed by atoms with Crippen LogP contribution in [0.2, 0.25) is 0 Å². The molecule has 0 saturated carbocycles. The zero-order chi connectivity index (χ0) is 16.4. The van der Waals surface area contributed by atoms with Gasteiger partial charge in [0.05, 0.1) is 11.7 Å². The van der Waals surface area contributed by atoms with Gasteiger partial charge in [0.15, 0.2) is 0 Å². The van der Waals surface area contributed by atoms with Gasteiger partial charge in [0.25, 0.3) is 5.56 Å². The molecule has 0 radical (unpaired) electrons. The Morgan fingerprint density at radius 3 is 2.96 bits per heavy atom. The number of hydrogen-bond acceptors (Lipinski definition) is 6. The van der Waals surface area contributed by atoms with E-state index in [0.29, 0.717) is 21.9 Å². The van der Waals surface area contributed by atoms with Gasteiger partial charge in [-0.3, -0.25) is 14.2 Å². The highest BCUT2D eigenvalue weighted by Crippen LogP contribution is 2.13. The topological polar surface area (TPSA) is 89.8 Å². The number of nitrogens with zero attached hydrogens (tertiary/aromatic N) is 4. The number of amides is 1. The van der Waals surface area contributed by atoms with Crippen molar-refractivity contribution in [2.45, 2.75) is 26.8 Å². The Morgan fingerprint density at radius 1 is 1.35 bits per heavy atom. The standard InChI is InChI=1S/C15H15N5O2S/c1-9-7-12(18-10(2)17-9)19-13(21)3-5-20-8-16-14-11(15(20)22)4-6-23-14/h4,6-8H,3,5H2,1-2H3,(H,17,18,19,21). The van der Waals surface area contributed by atoms with Gasteiger partial charge in [-0.1, -0.05) is 0 Å². The smallest absolute Gasteiger partial charge is 0.262 e. The summed E-state index contributed by atoms with van der Waals surface area (Å²) in [5.41, 5.74) is 0.661. The fourth-order valence-electron chi connectivity index (χ4n) is 2.26. The first-order chi connectivity index (χ1) is 11.0. The molecule has 7 nitrogen and oxygen atoms in total. The number of rotatable bonds is 4. The predicted octanol–water partition coefficient (Wildman–Crippen LogP) is 1.89. The molecule has 0 spiro atoms. The Balaban J connectivity index is 1.68. The Hall–Kier alpha value is -2.61. The average molecular weight is 329 g/mol. The molecule has 3 rings (SSSR count). The second-order valence-corrected chi connectivity index (χ2v) is 6.02. The molecule has 0 unspecified atom stereocenters. The van der Waals surface area contributed by atoms with Crippen LogP contribution in [-0.2, 0) is 11.3 Å². The second kappa shape index (κ2) is 6.25. The summed E-state index contributed by atoms with van der Waals surface area (Å²) in [6.07, 6.45) is 1.65. The summed E-state index contributed by atoms with van der Waals surface area (Å²) in [6, 6.07) is 3.45. The van der Waals surface area contributed by atoms with Crippen molar-refractivity contribution in [1.29, 1.82) is 0 Å². The quantitative estimate of drug-likeness (QED) is 0.789. The summed E-state index contributed by atoms with van der Waals surface area (Å²) in [7, 11) is 0. The van der Waals surface area contributed by atoms with Gasteiger partial charge in [-0.25, -0.2) is 15.0 Å². The second-order valence-electron chi connectivity index (χ2n) is 5.12. The first-order valence-electron chi connectivity index (χ1n) is 7.08. The molecule has 1 N–H and O–H groups in total. The SMILES string of the molecule is Cc1cc(NC(=O)CCn2cnc3sccc3c2=O)nc(C)n1. The lowest BCUT2D eigenvalue weighted by atomic mass is 10.3. The van der Waals surface area contributed by atoms with E-state index >= 15 is 0 Å². The van der Waals surface area contributed by atoms with Crippen molar-refractivity contribution in [2.24, 2.45) is 0 Å². The minimum Gasteiger partial charge on any atom is -0.311 e. The van der Waals surface area contributed by atoms with Crippen LogP contribution in [0.4, 0.5) is 5.82 Å². The zero-order valence-electron chi connectivity index (χ0n) is 12.7. The van der Waals surface area contributed by atoms with Gasteiger partial charge < -0.3 is 5.32 Å². The van der Waals surface area contributed by atoms with E-state index < -0.39 is 0 Å². The number of aromatic nitrogens is 4. The first-order valence-corrected chi connectivity index (χ1v) is 7.95. The lowest BCUT2D eigenvalue weighted by Gasteiger charge is -2.07. The van der Waals surface area contributed by atoms with Crippen molar-refractivity contribution in [3.63, 3.8) is 0 Å². The highest BCUT2D eigenvalue weighted by Gasteiger charge is 2.08. The molecule has 3 aromatic rings. The van der Waals surface area contributed by atoms with E-state index in [0.717, 1.165) is 5.69 Å². The van der Waals surface area contributed by atoms with Gasteiger partial charge in [0.1, 0.15) is 16.5 Å². The maximum atomic E-state index is 12.2. The van der Waals surface area contributed by atoms with E-state index in [2.05, 4.69) is 20.3 Å². The van der Waals surface area contributed by atoms with Crippen LogP contribution in [0.3, 0.4) is 0 Å². The van der Waals surface area contributed by atoms with E-state index in [-0.39, 0.29) is 24.4 Å². The van der Waals surface area contributed by atoms with Crippen molar-refractivity contribution < 1.29 is 4.79 Å². The Labute approximate surface area is 136 Å². The number of aryl methyl sites for hydroxylation is 3. The van der Waals surface area contributed by atoms with Crippen molar-refractivity contribution in [3.8, 4) is 0 Å². The molecule has 0 fully saturated rings. The fourth-order valence-corrected chi connectivity index (χ4v) is 2.98. The van der Waals surface area contributed by atoms with Gasteiger partial charge in [-0.05, 0) is 25.3 Å². The number of carbonyl (C=O) groups is 1. The van der Waals surface area contributed by atoms with E-state index in [1.165, 1.54) is 22.2 Å². The van der Waals surface area contributed by atoms with Gasteiger partial charge in [0.2, 0.25) is 5.91 Å². The molecule has 0 atom stereocenters. The molecule has 1 amide bonds. The van der Waals surface area contributed by atoms with Crippen LogP contribution >= 0.6 is 11.3 Å². The maximum Gasteiger partial charge on any atom is 0.262 e. The van der Waals surface area contributed by atoms with Crippen molar-refractivity contribution in [1.82, 2.24) is 19.5 Å². The average Bonchev–Trinajstić information content (AvgIpc) is 2.94. The molecular formula is C15H15N5O2S. The molecule has 118 valence electrons. The molecule has 0 aliphatic carbocycles. The maximum absolute atomic E-state index is 12.2. The van der Waals surface area contributed by atoms with E-state index in [4.69, 9.17) is 0 Å². The summed E-state index contributed by atoms with van der Waals surface area (Å²) < 4.78 is 1.45. The lowest BCUT2D eigenvalue weighted by molar-refractivity contribution is -0.116. The molecule has 8 heteroatoms. The number of thiophene rings is 1. The molecule has 0 saturated heterocycles. The third-order valence-electron chi connectivity index (χ3n) is 3.26. The largest absolute Gasteiger partial charge is 0.311 e. The van der Waals surface area contributed by atoms with E-state index in [1.54, 1.807) is 19.1 Å². The minimum atomic E-state index is -0.209. The van der Waals surface area contributed by atoms with Crippen LogP contribution in [0.15, 0.2) is 28.6 Å². The van der Waals surface area contributed by atoms with Crippen LogP contribution in [0.1, 0.15) is 17.9 Å². The summed E-state index contributed by atoms with van der Waals surface area (Å²) in [5.74, 6) is 0.863. The predicted molar refractivity (Wildman–Crippen MR) is 88.6 cm³/mol. The van der Waals surface area contributed by atoms with Crippen LogP contribution in [-0.4, -0.2) is 25.4 Å². The normalized spacial score (nSPS) is 10.9. The highest BCUT2D eigenvalue weighted by molar-refractivity contribution is 7.16. The Kier molecular flexibility index (Phi) is 4.16. The number of nitrogens with one attached hydrogen (secondary N) is 1. The number of fused-ring (bicyclic) bond motifs is 1. The van der Waals surface area contributed by atoms with Crippen LogP contribution < -0.4 is 10.9 Å². The molecule has 3 aromatic heterocycles. The third kappa shape index (κ3) is 3.42. The number of anilines is 1. The molecule has 0 aliphatic rings. The third-order valence-corrected chi connectivity index (χ3v) is 4.08. The fraction of sp³-hybridized carbons (Fsp3) is 0.267. The van der Waals surface area contributed by atoms with E-state index in [9.17, 15) is 9.59 Å². The zero-order valence-corrected chi connectivity index (χ0v) is 13.6. The van der Waals surface area contributed by atoms with Crippen LogP contribution in [0.25, 0.3) is 10.2 Å². The molecule has 0 aliphatic heterocycles. The van der Waals surface area contributed by atoms with Crippen molar-refractivity contribution >= 4 is 33.3 Å². The van der Waals surface area contributed by atoms with Gasteiger partial charge >= 0.3 is 0 Å². The highest BCUT2D eigenvalue weighted by atomic mass is 32.1. The molecule has 0 bridgehead atoms. The van der Waals surface area contributed by atoms with Gasteiger partial charge in [-0.15, -0.1) is 11.3 Å². The first kappa shape index (κ1) is 15.3. The lowest BCUT2D eigenvalue weighted by Crippen LogP contribution is -2.23. The Morgan fingerprint density at radius 2 is 2.17 bits per heavy atom. The summed E-state index contributed by atoms with van der Waals surface area (Å²) >= 11 is 1.42. The van der Waals surface area contributed by atoms with E-state index in [1.807, 2.05) is 12.3 Å². The summed E-state index contributed by atoms with van der Waals surface area (Å²) in [5, 5.41) is 5.13. The van der Waals surface area contributed by atoms with Crippen molar-refractivity contribution in [2.75, 3.05) is 5.32 Å². The summed E-state index contributed by atoms with van der Waals surface area (Å²) in [4.78, 5) is 37.5. The van der Waals surface area contributed by atoms with Gasteiger partial charge in [-0.2, -0.15) is 0 Å². The number of carbonyl (C=O) groups excluding carboxylic acids is 1. The van der Waals surface area contributed by atoms with Crippen LogP contribution in [0, 0.1) is 13.8 Å². The monoisotopic (exact) mass is 329 g/mol.